The highest BCUT2D eigenvalue weighted by atomic mass is 16.5. The van der Waals surface area contributed by atoms with Crippen molar-refractivity contribution in [3.63, 3.8) is 0 Å². The largest absolute Gasteiger partial charge is 0.453 e. The molecule has 2 saturated heterocycles. The second-order valence-electron chi connectivity index (χ2n) is 11.9. The summed E-state index contributed by atoms with van der Waals surface area (Å²) in [4.78, 5) is 23.8. The normalized spacial score (nSPS) is 17.3. The maximum absolute atomic E-state index is 12.5. The van der Waals surface area contributed by atoms with Crippen molar-refractivity contribution >= 4 is 28.5 Å². The molecule has 2 aromatic heterocycles. The van der Waals surface area contributed by atoms with Crippen molar-refractivity contribution < 1.29 is 14.3 Å². The number of carbonyl (C=O) groups is 1. The Morgan fingerprint density at radius 1 is 1.00 bits per heavy atom. The number of rotatable bonds is 5. The van der Waals surface area contributed by atoms with Gasteiger partial charge in [0.25, 0.3) is 0 Å². The fourth-order valence-electron chi connectivity index (χ4n) is 6.17. The minimum Gasteiger partial charge on any atom is -0.453 e. The molecule has 0 bridgehead atoms. The Morgan fingerprint density at radius 3 is 2.39 bits per heavy atom. The summed E-state index contributed by atoms with van der Waals surface area (Å²) >= 11 is 0. The van der Waals surface area contributed by atoms with Gasteiger partial charge in [-0.2, -0.15) is 0 Å². The molecule has 41 heavy (non-hydrogen) atoms. The average molecular weight is 558 g/mol. The molecule has 4 heterocycles. The van der Waals surface area contributed by atoms with Crippen LogP contribution in [0.25, 0.3) is 27.8 Å². The summed E-state index contributed by atoms with van der Waals surface area (Å²) in [6.45, 7) is 12.0. The van der Waals surface area contributed by atoms with E-state index in [0.717, 1.165) is 92.4 Å². The van der Waals surface area contributed by atoms with E-state index >= 15 is 0 Å². The molecule has 0 N–H and O–H groups in total. The number of hydrogen-bond acceptors (Lipinski definition) is 8. The predicted octanol–water partition coefficient (Wildman–Crippen LogP) is 4.61. The Morgan fingerprint density at radius 2 is 1.71 bits per heavy atom. The van der Waals surface area contributed by atoms with Gasteiger partial charge in [0.1, 0.15) is 0 Å². The Kier molecular flexibility index (Phi) is 7.52. The number of methoxy groups -OCH3 is 1. The third kappa shape index (κ3) is 5.58. The second kappa shape index (κ2) is 11.3. The van der Waals surface area contributed by atoms with Crippen LogP contribution in [-0.2, 0) is 16.0 Å². The van der Waals surface area contributed by atoms with Crippen molar-refractivity contribution in [1.82, 2.24) is 29.4 Å². The van der Waals surface area contributed by atoms with Gasteiger partial charge in [0.15, 0.2) is 11.5 Å². The van der Waals surface area contributed by atoms with Gasteiger partial charge in [0.2, 0.25) is 0 Å². The molecule has 10 nitrogen and oxygen atoms in total. The van der Waals surface area contributed by atoms with Gasteiger partial charge in [-0.25, -0.2) is 4.79 Å². The third-order valence-electron chi connectivity index (χ3n) is 8.25. The fourth-order valence-corrected chi connectivity index (χ4v) is 6.17. The quantitative estimate of drug-likeness (QED) is 0.352. The zero-order valence-corrected chi connectivity index (χ0v) is 24.4. The van der Waals surface area contributed by atoms with E-state index in [-0.39, 0.29) is 17.7 Å². The van der Waals surface area contributed by atoms with Crippen LogP contribution in [0, 0.1) is 0 Å². The van der Waals surface area contributed by atoms with E-state index in [0.29, 0.717) is 0 Å². The Labute approximate surface area is 240 Å². The standard InChI is InChI=1S/C31H39N7O3/c1-31(2,3)38(30(39)40-4)25-11-13-36(14-12-25)24-8-5-22(6-9-24)23-7-10-26-27(19-23)37-28(20-32-26)33-34-29(37)21-35-15-17-41-18-16-35/h5-10,19-20,25H,11-18,21H2,1-4H3. The van der Waals surface area contributed by atoms with Crippen LogP contribution in [0.4, 0.5) is 10.5 Å². The van der Waals surface area contributed by atoms with Crippen molar-refractivity contribution in [2.45, 2.75) is 51.7 Å². The number of morpholine rings is 1. The van der Waals surface area contributed by atoms with Gasteiger partial charge < -0.3 is 19.3 Å². The molecular weight excluding hydrogens is 518 g/mol. The SMILES string of the molecule is COC(=O)N(C1CCN(c2ccc(-c3ccc4ncc5nnc(CN6CCOCC6)n5c4c3)cc2)CC1)C(C)(C)C. The molecule has 1 amide bonds. The summed E-state index contributed by atoms with van der Waals surface area (Å²) in [6.07, 6.45) is 3.37. The maximum Gasteiger partial charge on any atom is 0.410 e. The van der Waals surface area contributed by atoms with E-state index in [1.807, 2.05) is 4.90 Å². The highest BCUT2D eigenvalue weighted by Gasteiger charge is 2.36. The van der Waals surface area contributed by atoms with Gasteiger partial charge in [-0.15, -0.1) is 10.2 Å². The molecule has 0 atom stereocenters. The first-order chi connectivity index (χ1) is 19.8. The molecule has 2 aliphatic heterocycles. The highest BCUT2D eigenvalue weighted by Crippen LogP contribution is 2.30. The summed E-state index contributed by atoms with van der Waals surface area (Å²) in [5.41, 5.74) is 5.88. The van der Waals surface area contributed by atoms with Gasteiger partial charge >= 0.3 is 6.09 Å². The third-order valence-corrected chi connectivity index (χ3v) is 8.25. The molecule has 2 fully saturated rings. The molecule has 4 aromatic rings. The van der Waals surface area contributed by atoms with Crippen molar-refractivity contribution in [3.05, 3.63) is 54.5 Å². The van der Waals surface area contributed by atoms with E-state index in [1.54, 1.807) is 6.20 Å². The molecule has 6 rings (SSSR count). The Bertz CT molecular complexity index is 1510. The van der Waals surface area contributed by atoms with Gasteiger partial charge in [0, 0.05) is 43.4 Å². The number of carbonyl (C=O) groups excluding carboxylic acids is 1. The molecule has 0 spiro atoms. The summed E-state index contributed by atoms with van der Waals surface area (Å²) in [5, 5.41) is 8.91. The number of amides is 1. The van der Waals surface area contributed by atoms with Crippen LogP contribution in [0.1, 0.15) is 39.4 Å². The molecule has 2 aliphatic rings. The smallest absolute Gasteiger partial charge is 0.410 e. The Balaban J connectivity index is 1.20. The van der Waals surface area contributed by atoms with Crippen molar-refractivity contribution in [3.8, 4) is 11.1 Å². The van der Waals surface area contributed by atoms with Crippen LogP contribution in [0.2, 0.25) is 0 Å². The highest BCUT2D eigenvalue weighted by molar-refractivity contribution is 5.84. The molecule has 0 radical (unpaired) electrons. The van der Waals surface area contributed by atoms with Gasteiger partial charge in [-0.1, -0.05) is 18.2 Å². The number of ether oxygens (including phenoxy) is 2. The zero-order chi connectivity index (χ0) is 28.6. The lowest BCUT2D eigenvalue weighted by molar-refractivity contribution is 0.0329. The number of aromatic nitrogens is 4. The monoisotopic (exact) mass is 557 g/mol. The van der Waals surface area contributed by atoms with E-state index in [2.05, 4.69) is 92.6 Å². The Hall–Kier alpha value is -3.76. The summed E-state index contributed by atoms with van der Waals surface area (Å²) in [6, 6.07) is 15.3. The van der Waals surface area contributed by atoms with Crippen LogP contribution < -0.4 is 4.90 Å². The number of fused-ring (bicyclic) bond motifs is 3. The molecule has 10 heteroatoms. The lowest BCUT2D eigenvalue weighted by atomic mass is 9.96. The van der Waals surface area contributed by atoms with Crippen LogP contribution in [0.3, 0.4) is 0 Å². The van der Waals surface area contributed by atoms with Crippen LogP contribution in [-0.4, -0.2) is 93.6 Å². The summed E-state index contributed by atoms with van der Waals surface area (Å²) < 4.78 is 12.7. The number of piperidine rings is 1. The van der Waals surface area contributed by atoms with Gasteiger partial charge in [-0.05, 0) is 69.0 Å². The van der Waals surface area contributed by atoms with Crippen molar-refractivity contribution in [2.24, 2.45) is 0 Å². The first kappa shape index (κ1) is 27.4. The maximum atomic E-state index is 12.5. The van der Waals surface area contributed by atoms with E-state index < -0.39 is 0 Å². The van der Waals surface area contributed by atoms with Crippen LogP contribution in [0.5, 0.6) is 0 Å². The first-order valence-electron chi connectivity index (χ1n) is 14.5. The van der Waals surface area contributed by atoms with Crippen LogP contribution >= 0.6 is 0 Å². The van der Waals surface area contributed by atoms with E-state index in [9.17, 15) is 4.79 Å². The van der Waals surface area contributed by atoms with Crippen molar-refractivity contribution in [2.75, 3.05) is 51.4 Å². The van der Waals surface area contributed by atoms with E-state index in [4.69, 9.17) is 9.47 Å². The average Bonchev–Trinajstić information content (AvgIpc) is 3.40. The number of benzene rings is 2. The molecule has 0 saturated carbocycles. The number of hydrogen-bond donors (Lipinski definition) is 0. The number of anilines is 1. The van der Waals surface area contributed by atoms with Crippen molar-refractivity contribution in [1.29, 1.82) is 0 Å². The zero-order valence-electron chi connectivity index (χ0n) is 24.4. The lowest BCUT2D eigenvalue weighted by Gasteiger charge is -2.44. The second-order valence-corrected chi connectivity index (χ2v) is 11.9. The first-order valence-corrected chi connectivity index (χ1v) is 14.5. The molecular formula is C31H39N7O3. The molecule has 0 unspecified atom stereocenters. The van der Waals surface area contributed by atoms with Crippen LogP contribution in [0.15, 0.2) is 48.7 Å². The predicted molar refractivity (Wildman–Crippen MR) is 159 cm³/mol. The fraction of sp³-hybridized carbons (Fsp3) is 0.484. The van der Waals surface area contributed by atoms with Gasteiger partial charge in [0.05, 0.1) is 44.1 Å². The summed E-state index contributed by atoms with van der Waals surface area (Å²) in [7, 11) is 1.46. The topological polar surface area (TPSA) is 88.3 Å². The summed E-state index contributed by atoms with van der Waals surface area (Å²) in [5.74, 6) is 0.919. The van der Waals surface area contributed by atoms with Gasteiger partial charge in [-0.3, -0.25) is 14.3 Å². The number of nitrogens with zero attached hydrogens (tertiary/aromatic N) is 7. The van der Waals surface area contributed by atoms with E-state index in [1.165, 1.54) is 12.8 Å². The molecule has 0 aliphatic carbocycles. The molecule has 216 valence electrons. The minimum atomic E-state index is -0.279. The lowest BCUT2D eigenvalue weighted by Crippen LogP contribution is -2.55. The molecule has 2 aromatic carbocycles. The minimum absolute atomic E-state index is 0.173.